The second kappa shape index (κ2) is 8.08. The predicted molar refractivity (Wildman–Crippen MR) is 84.4 cm³/mol. The summed E-state index contributed by atoms with van der Waals surface area (Å²) in [6, 6.07) is 4.96. The molecule has 0 bridgehead atoms. The third kappa shape index (κ3) is 4.65. The van der Waals surface area contributed by atoms with Crippen molar-refractivity contribution in [1.29, 1.82) is 0 Å². The van der Waals surface area contributed by atoms with E-state index in [0.29, 0.717) is 17.0 Å². The quantitative estimate of drug-likeness (QED) is 0.874. The Labute approximate surface area is 131 Å². The molecule has 1 heterocycles. The third-order valence-corrected chi connectivity index (χ3v) is 4.23. The highest BCUT2D eigenvalue weighted by molar-refractivity contribution is 6.30. The number of hydrogen-bond donors (Lipinski definition) is 1. The van der Waals surface area contributed by atoms with Crippen LogP contribution in [0.3, 0.4) is 0 Å². The number of morpholine rings is 1. The topological polar surface area (TPSA) is 24.5 Å². The summed E-state index contributed by atoms with van der Waals surface area (Å²) in [5.41, 5.74) is 0.676. The molecule has 3 nitrogen and oxygen atoms in total. The number of ether oxygens (including phenoxy) is 1. The SMILES string of the molecule is CCCN1CCOC(C(Cc2ccc(Cl)cc2F)NC)C1. The van der Waals surface area contributed by atoms with Gasteiger partial charge < -0.3 is 10.1 Å². The Morgan fingerprint density at radius 3 is 3.00 bits per heavy atom. The Kier molecular flexibility index (Phi) is 6.42. The molecule has 0 saturated carbocycles. The van der Waals surface area contributed by atoms with Gasteiger partial charge in [0.25, 0.3) is 0 Å². The van der Waals surface area contributed by atoms with Gasteiger partial charge in [-0.3, -0.25) is 4.90 Å². The molecule has 2 atom stereocenters. The minimum atomic E-state index is -0.246. The molecule has 118 valence electrons. The lowest BCUT2D eigenvalue weighted by Crippen LogP contribution is -2.52. The first kappa shape index (κ1) is 16.7. The average Bonchev–Trinajstić information content (AvgIpc) is 2.47. The highest BCUT2D eigenvalue weighted by Crippen LogP contribution is 2.19. The number of hydrogen-bond acceptors (Lipinski definition) is 3. The molecule has 1 aromatic carbocycles. The van der Waals surface area contributed by atoms with E-state index in [1.165, 1.54) is 6.07 Å². The van der Waals surface area contributed by atoms with Crippen LogP contribution < -0.4 is 5.32 Å². The summed E-state index contributed by atoms with van der Waals surface area (Å²) in [5, 5.41) is 3.70. The van der Waals surface area contributed by atoms with Crippen molar-refractivity contribution in [1.82, 2.24) is 10.2 Å². The lowest BCUT2D eigenvalue weighted by atomic mass is 9.99. The Morgan fingerprint density at radius 1 is 1.52 bits per heavy atom. The van der Waals surface area contributed by atoms with Crippen LogP contribution in [0.5, 0.6) is 0 Å². The summed E-state index contributed by atoms with van der Waals surface area (Å²) in [5.74, 6) is -0.246. The van der Waals surface area contributed by atoms with E-state index in [1.807, 2.05) is 7.05 Å². The van der Waals surface area contributed by atoms with Crippen molar-refractivity contribution in [3.05, 3.63) is 34.6 Å². The van der Waals surface area contributed by atoms with Crippen molar-refractivity contribution in [2.45, 2.75) is 31.9 Å². The molecule has 0 aromatic heterocycles. The van der Waals surface area contributed by atoms with E-state index in [1.54, 1.807) is 12.1 Å². The predicted octanol–water partition coefficient (Wildman–Crippen LogP) is 2.72. The van der Waals surface area contributed by atoms with Crippen molar-refractivity contribution >= 4 is 11.6 Å². The second-order valence-electron chi connectivity index (χ2n) is 5.54. The van der Waals surface area contributed by atoms with E-state index in [9.17, 15) is 4.39 Å². The zero-order valence-corrected chi connectivity index (χ0v) is 13.5. The van der Waals surface area contributed by atoms with E-state index in [-0.39, 0.29) is 18.0 Å². The van der Waals surface area contributed by atoms with Crippen molar-refractivity contribution in [3.8, 4) is 0 Å². The number of likely N-dealkylation sites (N-methyl/N-ethyl adjacent to an activating group) is 1. The molecular weight excluding hydrogens is 291 g/mol. The summed E-state index contributed by atoms with van der Waals surface area (Å²) in [6.07, 6.45) is 1.83. The Hall–Kier alpha value is -0.680. The fourth-order valence-electron chi connectivity index (χ4n) is 2.84. The number of rotatable bonds is 6. The molecule has 5 heteroatoms. The fourth-order valence-corrected chi connectivity index (χ4v) is 3.00. The van der Waals surface area contributed by atoms with Gasteiger partial charge in [-0.15, -0.1) is 0 Å². The molecule has 2 rings (SSSR count). The molecule has 1 aliphatic rings. The summed E-state index contributed by atoms with van der Waals surface area (Å²) < 4.78 is 19.8. The molecule has 0 aliphatic carbocycles. The average molecular weight is 315 g/mol. The van der Waals surface area contributed by atoms with Crippen molar-refractivity contribution in [2.75, 3.05) is 33.3 Å². The van der Waals surface area contributed by atoms with Crippen LogP contribution in [-0.2, 0) is 11.2 Å². The number of benzene rings is 1. The van der Waals surface area contributed by atoms with Gasteiger partial charge in [0.15, 0.2) is 0 Å². The minimum absolute atomic E-state index is 0.0883. The first-order valence-electron chi connectivity index (χ1n) is 7.59. The first-order valence-corrected chi connectivity index (χ1v) is 7.97. The molecular formula is C16H24ClFN2O. The van der Waals surface area contributed by atoms with Crippen LogP contribution in [0.4, 0.5) is 4.39 Å². The Morgan fingerprint density at radius 2 is 2.33 bits per heavy atom. The molecule has 0 amide bonds. The largest absolute Gasteiger partial charge is 0.374 e. The third-order valence-electron chi connectivity index (χ3n) is 3.99. The standard InChI is InChI=1S/C16H24ClFN2O/c1-3-6-20-7-8-21-16(11-20)15(19-2)9-12-4-5-13(17)10-14(12)18/h4-5,10,15-16,19H,3,6-9,11H2,1-2H3. The maximum atomic E-state index is 13.9. The van der Waals surface area contributed by atoms with Crippen LogP contribution in [0.25, 0.3) is 0 Å². The lowest BCUT2D eigenvalue weighted by molar-refractivity contribution is -0.0451. The Bertz CT molecular complexity index is 456. The summed E-state index contributed by atoms with van der Waals surface area (Å²) >= 11 is 5.80. The number of halogens is 2. The van der Waals surface area contributed by atoms with Crippen LogP contribution >= 0.6 is 11.6 Å². The van der Waals surface area contributed by atoms with Crippen molar-refractivity contribution in [2.24, 2.45) is 0 Å². The zero-order chi connectivity index (χ0) is 15.2. The molecule has 1 aromatic rings. The van der Waals surface area contributed by atoms with E-state index in [2.05, 4.69) is 17.1 Å². The maximum Gasteiger partial charge on any atom is 0.127 e. The number of nitrogens with one attached hydrogen (secondary N) is 1. The summed E-state index contributed by atoms with van der Waals surface area (Å²) in [4.78, 5) is 2.41. The van der Waals surface area contributed by atoms with Gasteiger partial charge in [-0.1, -0.05) is 24.6 Å². The molecule has 1 saturated heterocycles. The number of nitrogens with zero attached hydrogens (tertiary/aromatic N) is 1. The highest BCUT2D eigenvalue weighted by atomic mass is 35.5. The van der Waals surface area contributed by atoms with Gasteiger partial charge in [0.2, 0.25) is 0 Å². The van der Waals surface area contributed by atoms with Crippen LogP contribution in [0, 0.1) is 5.82 Å². The molecule has 1 fully saturated rings. The van der Waals surface area contributed by atoms with E-state index in [0.717, 1.165) is 32.7 Å². The van der Waals surface area contributed by atoms with Crippen LogP contribution in [0.15, 0.2) is 18.2 Å². The minimum Gasteiger partial charge on any atom is -0.374 e. The van der Waals surface area contributed by atoms with Gasteiger partial charge in [0, 0.05) is 24.2 Å². The second-order valence-corrected chi connectivity index (χ2v) is 5.98. The van der Waals surface area contributed by atoms with Gasteiger partial charge in [-0.2, -0.15) is 0 Å². The van der Waals surface area contributed by atoms with Gasteiger partial charge in [-0.25, -0.2) is 4.39 Å². The molecule has 0 radical (unpaired) electrons. The van der Waals surface area contributed by atoms with Crippen LogP contribution in [0.2, 0.25) is 5.02 Å². The zero-order valence-electron chi connectivity index (χ0n) is 12.7. The lowest BCUT2D eigenvalue weighted by Gasteiger charge is -2.37. The van der Waals surface area contributed by atoms with Gasteiger partial charge in [-0.05, 0) is 44.1 Å². The Balaban J connectivity index is 2.01. The van der Waals surface area contributed by atoms with Crippen LogP contribution in [-0.4, -0.2) is 50.3 Å². The maximum absolute atomic E-state index is 13.9. The normalized spacial score (nSPS) is 21.4. The highest BCUT2D eigenvalue weighted by Gasteiger charge is 2.27. The molecule has 1 aliphatic heterocycles. The molecule has 1 N–H and O–H groups in total. The van der Waals surface area contributed by atoms with E-state index >= 15 is 0 Å². The van der Waals surface area contributed by atoms with Gasteiger partial charge >= 0.3 is 0 Å². The molecule has 21 heavy (non-hydrogen) atoms. The van der Waals surface area contributed by atoms with Gasteiger partial charge in [0.05, 0.1) is 12.7 Å². The molecule has 2 unspecified atom stereocenters. The van der Waals surface area contributed by atoms with Crippen molar-refractivity contribution in [3.63, 3.8) is 0 Å². The monoisotopic (exact) mass is 314 g/mol. The fraction of sp³-hybridized carbons (Fsp3) is 0.625. The smallest absolute Gasteiger partial charge is 0.127 e. The summed E-state index contributed by atoms with van der Waals surface area (Å²) in [6.45, 7) is 5.89. The first-order chi connectivity index (χ1) is 10.1. The van der Waals surface area contributed by atoms with Crippen molar-refractivity contribution < 1.29 is 9.13 Å². The summed E-state index contributed by atoms with van der Waals surface area (Å²) in [7, 11) is 1.90. The van der Waals surface area contributed by atoms with E-state index in [4.69, 9.17) is 16.3 Å². The van der Waals surface area contributed by atoms with E-state index < -0.39 is 0 Å². The van der Waals surface area contributed by atoms with Gasteiger partial charge in [0.1, 0.15) is 5.82 Å². The molecule has 0 spiro atoms. The van der Waals surface area contributed by atoms with Crippen LogP contribution in [0.1, 0.15) is 18.9 Å².